The van der Waals surface area contributed by atoms with Gasteiger partial charge in [0.15, 0.2) is 0 Å². The van der Waals surface area contributed by atoms with Gasteiger partial charge in [0.25, 0.3) is 0 Å². The summed E-state index contributed by atoms with van der Waals surface area (Å²) in [6.45, 7) is 0.898. The molecule has 0 aromatic heterocycles. The van der Waals surface area contributed by atoms with E-state index in [0.29, 0.717) is 5.92 Å². The first-order chi connectivity index (χ1) is 9.23. The Morgan fingerprint density at radius 2 is 2.21 bits per heavy atom. The van der Waals surface area contributed by atoms with Crippen LogP contribution in [-0.4, -0.2) is 24.4 Å². The van der Waals surface area contributed by atoms with Crippen LogP contribution in [0.3, 0.4) is 0 Å². The van der Waals surface area contributed by atoms with Crippen LogP contribution in [0.15, 0.2) is 24.3 Å². The van der Waals surface area contributed by atoms with Gasteiger partial charge in [-0.05, 0) is 43.5 Å². The minimum atomic E-state index is -0.461. The molecule has 1 aromatic carbocycles. The van der Waals surface area contributed by atoms with Crippen molar-refractivity contribution in [3.05, 3.63) is 29.8 Å². The van der Waals surface area contributed by atoms with E-state index >= 15 is 0 Å². The molecule has 0 bridgehead atoms. The Labute approximate surface area is 115 Å². The molecule has 2 fully saturated rings. The summed E-state index contributed by atoms with van der Waals surface area (Å²) in [5.41, 5.74) is 0.779. The third-order valence-corrected chi connectivity index (χ3v) is 4.84. The number of rotatable bonds is 2. The Morgan fingerprint density at radius 3 is 3.05 bits per heavy atom. The van der Waals surface area contributed by atoms with E-state index in [2.05, 4.69) is 17.4 Å². The highest BCUT2D eigenvalue weighted by Crippen LogP contribution is 2.45. The second-order valence-corrected chi connectivity index (χ2v) is 5.91. The molecule has 3 atom stereocenters. The third-order valence-electron chi connectivity index (χ3n) is 4.84. The lowest BCUT2D eigenvalue weighted by atomic mass is 9.67. The first-order valence-corrected chi connectivity index (χ1v) is 7.33. The van der Waals surface area contributed by atoms with Crippen molar-refractivity contribution in [1.29, 1.82) is 0 Å². The van der Waals surface area contributed by atoms with Crippen LogP contribution in [0.1, 0.15) is 43.7 Å². The van der Waals surface area contributed by atoms with Crippen molar-refractivity contribution >= 4 is 0 Å². The van der Waals surface area contributed by atoms with Gasteiger partial charge in [-0.25, -0.2) is 0 Å². The van der Waals surface area contributed by atoms with Crippen LogP contribution in [0.4, 0.5) is 0 Å². The summed E-state index contributed by atoms with van der Waals surface area (Å²) in [4.78, 5) is 0. The fourth-order valence-electron chi connectivity index (χ4n) is 3.81. The van der Waals surface area contributed by atoms with Crippen LogP contribution < -0.4 is 10.1 Å². The van der Waals surface area contributed by atoms with Crippen LogP contribution >= 0.6 is 0 Å². The van der Waals surface area contributed by atoms with E-state index in [1.807, 2.05) is 12.1 Å². The normalized spacial score (nSPS) is 34.6. The lowest BCUT2D eigenvalue weighted by Crippen LogP contribution is -2.53. The molecular formula is C16H23NO2. The molecule has 2 aliphatic rings. The zero-order valence-electron chi connectivity index (χ0n) is 11.6. The Hall–Kier alpha value is -1.06. The van der Waals surface area contributed by atoms with Gasteiger partial charge in [0.2, 0.25) is 0 Å². The predicted octanol–water partition coefficient (Wildman–Crippen LogP) is 2.65. The average molecular weight is 261 g/mol. The Balaban J connectivity index is 1.90. The van der Waals surface area contributed by atoms with E-state index < -0.39 is 5.60 Å². The molecule has 0 radical (unpaired) electrons. The van der Waals surface area contributed by atoms with Gasteiger partial charge in [-0.2, -0.15) is 0 Å². The SMILES string of the molecule is COc1cccc([C@@H]2NCC[C@]3(O)CCCC[C@H]23)c1. The smallest absolute Gasteiger partial charge is 0.119 e. The molecular weight excluding hydrogens is 238 g/mol. The number of hydrogen-bond donors (Lipinski definition) is 2. The number of benzene rings is 1. The quantitative estimate of drug-likeness (QED) is 0.860. The first kappa shape index (κ1) is 12.9. The molecule has 0 spiro atoms. The molecule has 19 heavy (non-hydrogen) atoms. The van der Waals surface area contributed by atoms with Crippen LogP contribution in [0.25, 0.3) is 0 Å². The molecule has 0 unspecified atom stereocenters. The highest BCUT2D eigenvalue weighted by Gasteiger charge is 2.45. The van der Waals surface area contributed by atoms with Crippen molar-refractivity contribution in [3.8, 4) is 5.75 Å². The molecule has 3 rings (SSSR count). The van der Waals surface area contributed by atoms with Gasteiger partial charge in [-0.1, -0.05) is 25.0 Å². The summed E-state index contributed by atoms with van der Waals surface area (Å²) in [5, 5.41) is 14.5. The Bertz CT molecular complexity index is 444. The highest BCUT2D eigenvalue weighted by atomic mass is 16.5. The number of fused-ring (bicyclic) bond motifs is 1. The Morgan fingerprint density at radius 1 is 1.32 bits per heavy atom. The number of aliphatic hydroxyl groups is 1. The molecule has 1 aliphatic carbocycles. The molecule has 2 N–H and O–H groups in total. The first-order valence-electron chi connectivity index (χ1n) is 7.33. The van der Waals surface area contributed by atoms with E-state index in [9.17, 15) is 5.11 Å². The zero-order chi connectivity index (χ0) is 13.3. The van der Waals surface area contributed by atoms with Crippen LogP contribution in [0.5, 0.6) is 5.75 Å². The van der Waals surface area contributed by atoms with Crippen molar-refractivity contribution in [2.24, 2.45) is 5.92 Å². The number of piperidine rings is 1. The number of methoxy groups -OCH3 is 1. The second kappa shape index (κ2) is 5.14. The lowest BCUT2D eigenvalue weighted by molar-refractivity contribution is -0.0861. The summed E-state index contributed by atoms with van der Waals surface area (Å²) in [6, 6.07) is 8.50. The minimum absolute atomic E-state index is 0.258. The second-order valence-electron chi connectivity index (χ2n) is 5.91. The summed E-state index contributed by atoms with van der Waals surface area (Å²) in [7, 11) is 1.70. The van der Waals surface area contributed by atoms with Crippen molar-refractivity contribution in [1.82, 2.24) is 5.32 Å². The molecule has 104 valence electrons. The number of hydrogen-bond acceptors (Lipinski definition) is 3. The summed E-state index contributed by atoms with van der Waals surface area (Å²) < 4.78 is 5.32. The molecule has 1 saturated carbocycles. The molecule has 3 nitrogen and oxygen atoms in total. The molecule has 3 heteroatoms. The van der Waals surface area contributed by atoms with Crippen molar-refractivity contribution in [2.75, 3.05) is 13.7 Å². The van der Waals surface area contributed by atoms with Crippen LogP contribution in [-0.2, 0) is 0 Å². The summed E-state index contributed by atoms with van der Waals surface area (Å²) in [5.74, 6) is 1.23. The highest BCUT2D eigenvalue weighted by molar-refractivity contribution is 5.32. The van der Waals surface area contributed by atoms with E-state index in [0.717, 1.165) is 38.0 Å². The van der Waals surface area contributed by atoms with E-state index in [-0.39, 0.29) is 6.04 Å². The van der Waals surface area contributed by atoms with Crippen molar-refractivity contribution in [2.45, 2.75) is 43.7 Å². The lowest BCUT2D eigenvalue weighted by Gasteiger charge is -2.48. The topological polar surface area (TPSA) is 41.5 Å². The maximum Gasteiger partial charge on any atom is 0.119 e. The summed E-state index contributed by atoms with van der Waals surface area (Å²) >= 11 is 0. The van der Waals surface area contributed by atoms with Crippen molar-refractivity contribution in [3.63, 3.8) is 0 Å². The average Bonchev–Trinajstić information content (AvgIpc) is 2.46. The minimum Gasteiger partial charge on any atom is -0.497 e. The van der Waals surface area contributed by atoms with Gasteiger partial charge >= 0.3 is 0 Å². The molecule has 0 amide bonds. The third kappa shape index (κ3) is 2.37. The van der Waals surface area contributed by atoms with Gasteiger partial charge in [0.1, 0.15) is 5.75 Å². The molecule has 1 saturated heterocycles. The maximum atomic E-state index is 10.9. The van der Waals surface area contributed by atoms with E-state index in [1.165, 1.54) is 12.0 Å². The maximum absolute atomic E-state index is 10.9. The van der Waals surface area contributed by atoms with Crippen LogP contribution in [0, 0.1) is 5.92 Å². The number of nitrogens with one attached hydrogen (secondary N) is 1. The fraction of sp³-hybridized carbons (Fsp3) is 0.625. The summed E-state index contributed by atoms with van der Waals surface area (Å²) in [6.07, 6.45) is 5.36. The number of ether oxygens (including phenoxy) is 1. The van der Waals surface area contributed by atoms with E-state index in [1.54, 1.807) is 7.11 Å². The molecule has 1 aliphatic heterocycles. The van der Waals surface area contributed by atoms with E-state index in [4.69, 9.17) is 4.74 Å². The zero-order valence-corrected chi connectivity index (χ0v) is 11.6. The van der Waals surface area contributed by atoms with Gasteiger partial charge < -0.3 is 15.2 Å². The van der Waals surface area contributed by atoms with Gasteiger partial charge in [0, 0.05) is 12.0 Å². The van der Waals surface area contributed by atoms with Crippen molar-refractivity contribution < 1.29 is 9.84 Å². The van der Waals surface area contributed by atoms with Gasteiger partial charge in [-0.15, -0.1) is 0 Å². The Kier molecular flexibility index (Phi) is 3.50. The predicted molar refractivity (Wildman–Crippen MR) is 75.3 cm³/mol. The molecule has 1 heterocycles. The molecule has 1 aromatic rings. The standard InChI is InChI=1S/C16H23NO2/c1-19-13-6-4-5-12(11-13)15-14-7-2-3-8-16(14,18)9-10-17-15/h4-6,11,14-15,17-18H,2-3,7-10H2,1H3/t14-,15+,16-/m1/s1. The van der Waals surface area contributed by atoms with Crippen LogP contribution in [0.2, 0.25) is 0 Å². The monoisotopic (exact) mass is 261 g/mol. The van der Waals surface area contributed by atoms with Gasteiger partial charge in [-0.3, -0.25) is 0 Å². The van der Waals surface area contributed by atoms with Gasteiger partial charge in [0.05, 0.1) is 12.7 Å². The largest absolute Gasteiger partial charge is 0.497 e. The fourth-order valence-corrected chi connectivity index (χ4v) is 3.81.